The van der Waals surface area contributed by atoms with Gasteiger partial charge in [0, 0.05) is 0 Å². The first-order valence-electron chi connectivity index (χ1n) is 13.4. The number of fused-ring (bicyclic) bond motifs is 10. The Morgan fingerprint density at radius 3 is 1.32 bits per heavy atom. The third kappa shape index (κ3) is 0.333. The number of hydrogen-bond acceptors (Lipinski definition) is 1. The average Bonchev–Trinajstić information content (AvgIpc) is 3.82. The van der Waals surface area contributed by atoms with Crippen LogP contribution in [0.5, 0.6) is 0 Å². The fraction of sp³-hybridized carbons (Fsp3) is 0.419. The van der Waals surface area contributed by atoms with Crippen LogP contribution in [-0.4, -0.2) is 33.6 Å². The molecule has 0 N–H and O–H groups in total. The van der Waals surface area contributed by atoms with Crippen molar-refractivity contribution >= 4 is 23.6 Å². The molecule has 0 aliphatic carbocycles. The van der Waals surface area contributed by atoms with Crippen molar-refractivity contribution in [3.63, 3.8) is 0 Å². The molecule has 3 aromatic rings. The summed E-state index contributed by atoms with van der Waals surface area (Å²) in [5.41, 5.74) is 0. The van der Waals surface area contributed by atoms with Gasteiger partial charge in [0.2, 0.25) is 0 Å². The molecule has 0 aromatic heterocycles. The Labute approximate surface area is 192 Å². The average molecular weight is 502 g/mol. The molecule has 1 nitrogen and oxygen atoms in total. The van der Waals surface area contributed by atoms with Crippen LogP contribution in [0.3, 0.4) is 0 Å². The summed E-state index contributed by atoms with van der Waals surface area (Å²) in [4.78, 5) is 12.9. The summed E-state index contributed by atoms with van der Waals surface area (Å²) in [5, 5.41) is 5.25. The minimum absolute atomic E-state index is 0.779. The molecule has 10 fully saturated rings. The quantitative estimate of drug-likeness (QED) is 0.324. The Bertz CT molecular complexity index is 1820. The van der Waals surface area contributed by atoms with Gasteiger partial charge in [0.25, 0.3) is 0 Å². The van der Waals surface area contributed by atoms with E-state index in [2.05, 4.69) is 110 Å². The molecule has 3 aromatic carbocycles. The van der Waals surface area contributed by atoms with Crippen molar-refractivity contribution in [3.05, 3.63) is 91.0 Å². The van der Waals surface area contributed by atoms with Crippen molar-refractivity contribution in [2.24, 2.45) is 0 Å². The molecule has 0 saturated carbocycles. The van der Waals surface area contributed by atoms with Crippen molar-refractivity contribution in [2.75, 3.05) is 20.6 Å². The predicted molar refractivity (Wildman–Crippen MR) is 138 cm³/mol. The maximum absolute atomic E-state index is 3.71. The van der Waals surface area contributed by atoms with Crippen LogP contribution in [0.15, 0.2) is 91.0 Å². The number of benzene rings is 3. The van der Waals surface area contributed by atoms with Gasteiger partial charge in [-0.25, -0.2) is 0 Å². The van der Waals surface area contributed by atoms with Gasteiger partial charge in [0.1, 0.15) is 0 Å². The van der Waals surface area contributed by atoms with E-state index in [9.17, 15) is 0 Å². The van der Waals surface area contributed by atoms with E-state index in [1.54, 1.807) is 15.6 Å². The summed E-state index contributed by atoms with van der Waals surface area (Å²) in [6, 6.07) is 36.4. The topological polar surface area (TPSA) is 3.24 Å². The summed E-state index contributed by atoms with van der Waals surface area (Å²) >= 11 is 0. The zero-order valence-corrected chi connectivity index (χ0v) is 21.9. The monoisotopic (exact) mass is 501 g/mol. The third-order valence-electron chi connectivity index (χ3n) is 19.9. The zero-order valence-electron chi connectivity index (χ0n) is 19.8. The molecule has 10 saturated heterocycles. The van der Waals surface area contributed by atoms with E-state index in [1.165, 1.54) is 45.1 Å². The Balaban J connectivity index is 1.26. The van der Waals surface area contributed by atoms with Crippen molar-refractivity contribution < 1.29 is 6.51 Å². The van der Waals surface area contributed by atoms with Gasteiger partial charge in [-0.15, -0.1) is 0 Å². The fourth-order valence-electron chi connectivity index (χ4n) is 22.2. The first kappa shape index (κ1) is 16.2. The van der Waals surface area contributed by atoms with Crippen LogP contribution in [0, 0.1) is 0 Å². The van der Waals surface area contributed by atoms with E-state index < -0.39 is 14.6 Å². The number of hydrogen-bond donors (Lipinski definition) is 0. The van der Waals surface area contributed by atoms with Crippen LogP contribution >= 0.6 is 0 Å². The first-order valence-corrected chi connectivity index (χ1v) is 21.6. The standard InChI is InChI=1S/C23H19Si.C8H12N.Fe/c1-4-12-20(13-5-1)24(23-18-10-11-19-23,21-14-6-2-7-15-21)22-16-8-3-9-17-22;1-9(2)7-8-5-3-4-6-8;/h1-19H;3-6H,7H2,1-2H3;. The van der Waals surface area contributed by atoms with Crippen molar-refractivity contribution in [1.82, 2.24) is 4.90 Å². The summed E-state index contributed by atoms with van der Waals surface area (Å²) in [6.07, 6.45) is 0. The molecule has 10 aliphatic rings. The van der Waals surface area contributed by atoms with E-state index in [1.807, 2.05) is 0 Å². The van der Waals surface area contributed by atoms with Crippen LogP contribution < -0.4 is 15.6 Å². The Hall–Kier alpha value is -1.64. The van der Waals surface area contributed by atoms with Gasteiger partial charge in [0.05, 0.1) is 0 Å². The Kier molecular flexibility index (Phi) is 1.07. The molecule has 0 radical (unpaired) electrons. The third-order valence-corrected chi connectivity index (χ3v) is 73.8. The van der Waals surface area contributed by atoms with Gasteiger partial charge in [-0.1, -0.05) is 0 Å². The summed E-state index contributed by atoms with van der Waals surface area (Å²) < 4.78 is 1.66. The molecule has 34 heavy (non-hydrogen) atoms. The van der Waals surface area contributed by atoms with Crippen molar-refractivity contribution in [2.45, 2.75) is 46.8 Å². The van der Waals surface area contributed by atoms with Gasteiger partial charge >= 0.3 is 193 Å². The van der Waals surface area contributed by atoms with Crippen LogP contribution in [0.25, 0.3) is 0 Å². The minimum atomic E-state index is -3.71. The molecule has 0 amide bonds. The van der Waals surface area contributed by atoms with E-state index in [0.29, 0.717) is 0 Å². The molecular formula is C31H31FeNSi. The van der Waals surface area contributed by atoms with E-state index in [0.717, 1.165) is 8.25 Å². The van der Waals surface area contributed by atoms with Crippen LogP contribution in [0.1, 0.15) is 0 Å². The first-order chi connectivity index (χ1) is 16.4. The second-order valence-electron chi connectivity index (χ2n) is 16.0. The summed E-state index contributed by atoms with van der Waals surface area (Å²) in [7, 11) is 2.61. The maximum atomic E-state index is 2.64. The molecule has 10 aliphatic heterocycles. The van der Waals surface area contributed by atoms with Gasteiger partial charge < -0.3 is 0 Å². The molecule has 8 unspecified atom stereocenters. The SMILES string of the molecule is CN(C)C[C]12[CH]3[CH]4[CH]5[CH]1[Fe]45321678[CH]2[CH]1[CH]6[C]7([Si](c1ccccc1)(c1ccccc1)c1ccccc1)[CH]28. The van der Waals surface area contributed by atoms with E-state index in [4.69, 9.17) is 0 Å². The van der Waals surface area contributed by atoms with Gasteiger partial charge in [-0.3, -0.25) is 0 Å². The molecule has 13 rings (SSSR count). The molecule has 1 spiro atoms. The Morgan fingerprint density at radius 1 is 0.618 bits per heavy atom. The van der Waals surface area contributed by atoms with Crippen LogP contribution in [0.2, 0.25) is 46.8 Å². The molecule has 8 atom stereocenters. The number of rotatable bonds is 6. The van der Waals surface area contributed by atoms with Gasteiger partial charge in [-0.2, -0.15) is 0 Å². The summed E-state index contributed by atoms with van der Waals surface area (Å²) in [6.45, 7) is -2.25. The van der Waals surface area contributed by atoms with Crippen molar-refractivity contribution in [3.8, 4) is 0 Å². The Morgan fingerprint density at radius 2 is 1.00 bits per heavy atom. The molecule has 172 valence electrons. The van der Waals surface area contributed by atoms with Crippen LogP contribution in [-0.2, 0) is 6.51 Å². The predicted octanol–water partition coefficient (Wildman–Crippen LogP) is 5.39. The molecule has 0 bridgehead atoms. The normalized spacial score (nSPS) is 68.1. The molecule has 10 heterocycles. The van der Waals surface area contributed by atoms with Gasteiger partial charge in [0.15, 0.2) is 0 Å². The van der Waals surface area contributed by atoms with E-state index >= 15 is 0 Å². The zero-order chi connectivity index (χ0) is 22.1. The summed E-state index contributed by atoms with van der Waals surface area (Å²) in [5.74, 6) is 0. The van der Waals surface area contributed by atoms with E-state index in [-0.39, 0.29) is 0 Å². The fourth-order valence-corrected chi connectivity index (χ4v) is 122. The second kappa shape index (κ2) is 2.25. The molecule has 3 heteroatoms. The van der Waals surface area contributed by atoms with Gasteiger partial charge in [-0.05, 0) is 0 Å². The second-order valence-corrected chi connectivity index (χ2v) is 43.9. The molecular weight excluding hydrogens is 470 g/mol. The number of nitrogens with zero attached hydrogens (tertiary/aromatic N) is 1. The van der Waals surface area contributed by atoms with Crippen molar-refractivity contribution in [1.29, 1.82) is 0 Å². The van der Waals surface area contributed by atoms with Crippen LogP contribution in [0.4, 0.5) is 0 Å².